The first-order chi connectivity index (χ1) is 9.09. The highest BCUT2D eigenvalue weighted by molar-refractivity contribution is 7.99. The van der Waals surface area contributed by atoms with Crippen LogP contribution in [0.4, 0.5) is 8.78 Å². The van der Waals surface area contributed by atoms with Gasteiger partial charge in [0.1, 0.15) is 0 Å². The molecule has 1 aromatic rings. The summed E-state index contributed by atoms with van der Waals surface area (Å²) in [5, 5.41) is 10.6. The maximum atomic E-state index is 13.7. The van der Waals surface area contributed by atoms with E-state index in [0.717, 1.165) is 0 Å². The molecule has 0 amide bonds. The predicted molar refractivity (Wildman–Crippen MR) is 75.4 cm³/mol. The minimum Gasteiger partial charge on any atom is -0.387 e. The van der Waals surface area contributed by atoms with E-state index < -0.39 is 17.7 Å². The van der Waals surface area contributed by atoms with Crippen molar-refractivity contribution in [1.82, 2.24) is 0 Å². The van der Waals surface area contributed by atoms with Gasteiger partial charge in [-0.1, -0.05) is 31.4 Å². The van der Waals surface area contributed by atoms with Crippen molar-refractivity contribution in [3.63, 3.8) is 0 Å². The summed E-state index contributed by atoms with van der Waals surface area (Å²) in [5.74, 6) is -1.32. The number of benzene rings is 1. The van der Waals surface area contributed by atoms with Crippen LogP contribution in [0, 0.1) is 18.6 Å². The Bertz CT molecular complexity index is 430. The lowest BCUT2D eigenvalue weighted by molar-refractivity contribution is 0.197. The fourth-order valence-electron chi connectivity index (χ4n) is 2.47. The van der Waals surface area contributed by atoms with Gasteiger partial charge in [-0.25, -0.2) is 8.78 Å². The highest BCUT2D eigenvalue weighted by Gasteiger charge is 2.20. The molecular weight excluding hydrogens is 266 g/mol. The number of rotatable bonds is 4. The Morgan fingerprint density at radius 2 is 1.89 bits per heavy atom. The van der Waals surface area contributed by atoms with Gasteiger partial charge in [0.25, 0.3) is 0 Å². The van der Waals surface area contributed by atoms with Gasteiger partial charge in [-0.2, -0.15) is 11.8 Å². The number of hydrogen-bond acceptors (Lipinski definition) is 2. The second-order valence-electron chi connectivity index (χ2n) is 5.21. The molecule has 19 heavy (non-hydrogen) atoms. The Balaban J connectivity index is 1.95. The minimum atomic E-state index is -0.929. The number of thioether (sulfide) groups is 1. The maximum Gasteiger partial charge on any atom is 0.164 e. The van der Waals surface area contributed by atoms with Crippen molar-refractivity contribution in [3.8, 4) is 0 Å². The summed E-state index contributed by atoms with van der Waals surface area (Å²) in [7, 11) is 0. The highest BCUT2D eigenvalue weighted by atomic mass is 32.2. The zero-order valence-corrected chi connectivity index (χ0v) is 12.0. The molecule has 1 aliphatic rings. The number of aryl methyl sites for hydroxylation is 1. The molecule has 1 nitrogen and oxygen atoms in total. The van der Waals surface area contributed by atoms with Crippen LogP contribution in [0.2, 0.25) is 0 Å². The van der Waals surface area contributed by atoms with Crippen LogP contribution in [0.3, 0.4) is 0 Å². The van der Waals surface area contributed by atoms with Gasteiger partial charge in [-0.15, -0.1) is 0 Å². The zero-order chi connectivity index (χ0) is 13.8. The summed E-state index contributed by atoms with van der Waals surface area (Å²) in [4.78, 5) is 0. The Labute approximate surface area is 117 Å². The van der Waals surface area contributed by atoms with Crippen molar-refractivity contribution >= 4 is 11.8 Å². The average Bonchev–Trinajstić information content (AvgIpc) is 2.43. The van der Waals surface area contributed by atoms with Gasteiger partial charge in [-0.3, -0.25) is 0 Å². The molecule has 1 atom stereocenters. The Kier molecular flexibility index (Phi) is 5.22. The molecule has 1 N–H and O–H groups in total. The van der Waals surface area contributed by atoms with E-state index in [2.05, 4.69) is 0 Å². The van der Waals surface area contributed by atoms with Crippen LogP contribution in [0.25, 0.3) is 0 Å². The predicted octanol–water partition coefficient (Wildman–Crippen LogP) is 4.37. The molecule has 1 aromatic carbocycles. The summed E-state index contributed by atoms with van der Waals surface area (Å²) < 4.78 is 27.2. The van der Waals surface area contributed by atoms with Gasteiger partial charge in [-0.05, 0) is 25.3 Å². The van der Waals surface area contributed by atoms with E-state index in [-0.39, 0.29) is 11.1 Å². The number of hydrogen-bond donors (Lipinski definition) is 1. The van der Waals surface area contributed by atoms with Gasteiger partial charge in [0, 0.05) is 16.6 Å². The van der Waals surface area contributed by atoms with Crippen molar-refractivity contribution in [2.24, 2.45) is 0 Å². The molecule has 4 heteroatoms. The van der Waals surface area contributed by atoms with E-state index in [9.17, 15) is 13.9 Å². The van der Waals surface area contributed by atoms with Gasteiger partial charge >= 0.3 is 0 Å². The standard InChI is InChI=1S/C15H20F2OS/c1-10-7-8-12(15(17)14(10)16)13(18)9-19-11-5-3-2-4-6-11/h7-8,11,13,18H,2-6,9H2,1H3. The van der Waals surface area contributed by atoms with Crippen molar-refractivity contribution in [3.05, 3.63) is 34.9 Å². The SMILES string of the molecule is Cc1ccc(C(O)CSC2CCCCC2)c(F)c1F. The first-order valence-corrected chi connectivity index (χ1v) is 7.88. The van der Waals surface area contributed by atoms with Crippen molar-refractivity contribution in [2.45, 2.75) is 50.4 Å². The molecule has 2 rings (SSSR count). The van der Waals surface area contributed by atoms with E-state index >= 15 is 0 Å². The quantitative estimate of drug-likeness (QED) is 0.886. The van der Waals surface area contributed by atoms with Crippen LogP contribution in [0.15, 0.2) is 12.1 Å². The van der Waals surface area contributed by atoms with Gasteiger partial charge in [0.15, 0.2) is 11.6 Å². The van der Waals surface area contributed by atoms with E-state index in [4.69, 9.17) is 0 Å². The topological polar surface area (TPSA) is 20.2 Å². The minimum absolute atomic E-state index is 0.0754. The third-order valence-corrected chi connectivity index (χ3v) is 5.16. The van der Waals surface area contributed by atoms with Crippen molar-refractivity contribution in [2.75, 3.05) is 5.75 Å². The van der Waals surface area contributed by atoms with Gasteiger partial charge in [0.2, 0.25) is 0 Å². The molecule has 1 saturated carbocycles. The summed E-state index contributed by atoms with van der Waals surface area (Å²) in [6.07, 6.45) is 5.17. The third kappa shape index (κ3) is 3.69. The van der Waals surface area contributed by atoms with E-state index in [1.807, 2.05) is 0 Å². The molecule has 0 spiro atoms. The maximum absolute atomic E-state index is 13.7. The molecule has 0 bridgehead atoms. The second kappa shape index (κ2) is 6.71. The molecule has 0 aliphatic heterocycles. The normalized spacial score (nSPS) is 18.5. The van der Waals surface area contributed by atoms with E-state index in [1.54, 1.807) is 11.8 Å². The van der Waals surface area contributed by atoms with E-state index in [0.29, 0.717) is 11.0 Å². The first-order valence-electron chi connectivity index (χ1n) is 6.83. The van der Waals surface area contributed by atoms with Crippen LogP contribution in [-0.4, -0.2) is 16.1 Å². The number of halogens is 2. The Hall–Kier alpha value is -0.610. The Morgan fingerprint density at radius 3 is 2.58 bits per heavy atom. The summed E-state index contributed by atoms with van der Waals surface area (Å²) in [6.45, 7) is 1.52. The zero-order valence-electron chi connectivity index (χ0n) is 11.2. The van der Waals surface area contributed by atoms with Gasteiger partial charge in [0.05, 0.1) is 6.10 Å². The molecule has 0 aromatic heterocycles. The van der Waals surface area contributed by atoms with Crippen LogP contribution >= 0.6 is 11.8 Å². The lowest BCUT2D eigenvalue weighted by Crippen LogP contribution is -2.12. The van der Waals surface area contributed by atoms with E-state index in [1.165, 1.54) is 51.2 Å². The van der Waals surface area contributed by atoms with Crippen LogP contribution in [-0.2, 0) is 0 Å². The number of aliphatic hydroxyl groups is 1. The molecule has 0 radical (unpaired) electrons. The molecular formula is C15H20F2OS. The van der Waals surface area contributed by atoms with Crippen molar-refractivity contribution < 1.29 is 13.9 Å². The molecule has 1 fully saturated rings. The van der Waals surface area contributed by atoms with Crippen LogP contribution in [0.5, 0.6) is 0 Å². The molecule has 1 unspecified atom stereocenters. The lowest BCUT2D eigenvalue weighted by atomic mass is 10.0. The smallest absolute Gasteiger partial charge is 0.164 e. The summed E-state index contributed by atoms with van der Waals surface area (Å²) in [6, 6.07) is 3.00. The molecule has 0 heterocycles. The third-order valence-electron chi connectivity index (χ3n) is 3.71. The highest BCUT2D eigenvalue weighted by Crippen LogP contribution is 2.32. The largest absolute Gasteiger partial charge is 0.387 e. The fraction of sp³-hybridized carbons (Fsp3) is 0.600. The first kappa shape index (κ1) is 14.8. The molecule has 1 aliphatic carbocycles. The second-order valence-corrected chi connectivity index (χ2v) is 6.54. The Morgan fingerprint density at radius 1 is 1.21 bits per heavy atom. The van der Waals surface area contributed by atoms with Crippen LogP contribution < -0.4 is 0 Å². The lowest BCUT2D eigenvalue weighted by Gasteiger charge is -2.22. The summed E-state index contributed by atoms with van der Waals surface area (Å²) >= 11 is 1.68. The summed E-state index contributed by atoms with van der Waals surface area (Å²) in [5.41, 5.74) is 0.347. The monoisotopic (exact) mass is 286 g/mol. The molecule has 0 saturated heterocycles. The van der Waals surface area contributed by atoms with Crippen molar-refractivity contribution in [1.29, 1.82) is 0 Å². The van der Waals surface area contributed by atoms with Crippen LogP contribution in [0.1, 0.15) is 49.3 Å². The van der Waals surface area contributed by atoms with Gasteiger partial charge < -0.3 is 5.11 Å². The number of aliphatic hydroxyl groups excluding tert-OH is 1. The average molecular weight is 286 g/mol. The fourth-order valence-corrected chi connectivity index (χ4v) is 3.77. The molecule has 106 valence electrons.